The second-order valence-corrected chi connectivity index (χ2v) is 7.88. The fraction of sp³-hybridized carbons (Fsp3) is 0.286. The zero-order valence-electron chi connectivity index (χ0n) is 15.1. The highest BCUT2D eigenvalue weighted by molar-refractivity contribution is 7.18. The van der Waals surface area contributed by atoms with E-state index in [4.69, 9.17) is 4.98 Å². The summed E-state index contributed by atoms with van der Waals surface area (Å²) in [5.41, 5.74) is 2.70. The third-order valence-electron chi connectivity index (χ3n) is 4.80. The van der Waals surface area contributed by atoms with Crippen LogP contribution in [-0.4, -0.2) is 28.2 Å². The van der Waals surface area contributed by atoms with Crippen LogP contribution in [0.15, 0.2) is 48.5 Å². The van der Waals surface area contributed by atoms with Gasteiger partial charge in [-0.05, 0) is 42.7 Å². The van der Waals surface area contributed by atoms with E-state index in [1.54, 1.807) is 11.3 Å². The predicted octanol–water partition coefficient (Wildman–Crippen LogP) is 4.16. The summed E-state index contributed by atoms with van der Waals surface area (Å²) in [6.07, 6.45) is 2.34. The summed E-state index contributed by atoms with van der Waals surface area (Å²) >= 11 is 1.68. The monoisotopic (exact) mass is 379 g/mol. The number of benzene rings is 2. The van der Waals surface area contributed by atoms with E-state index >= 15 is 0 Å². The van der Waals surface area contributed by atoms with Crippen LogP contribution < -0.4 is 5.32 Å². The smallest absolute Gasteiger partial charge is 0.227 e. The molecule has 1 fully saturated rings. The largest absolute Gasteiger partial charge is 0.333 e. The number of aromatic nitrogens is 1. The van der Waals surface area contributed by atoms with Crippen LogP contribution in [0.25, 0.3) is 10.2 Å². The molecule has 1 aliphatic rings. The standard InChI is InChI=1S/C21H21N3O2S/c1-14(25)22-16-10-8-15(9-11-16)13-20(26)24-12-4-6-18(24)21-23-17-5-2-3-7-19(17)27-21/h2-3,5,7-11,18H,4,6,12-13H2,1H3,(H,22,25). The first-order chi connectivity index (χ1) is 13.1. The summed E-state index contributed by atoms with van der Waals surface area (Å²) in [6.45, 7) is 2.26. The Hall–Kier alpha value is -2.73. The molecule has 1 aromatic heterocycles. The summed E-state index contributed by atoms with van der Waals surface area (Å²) < 4.78 is 1.17. The van der Waals surface area contributed by atoms with Gasteiger partial charge >= 0.3 is 0 Å². The molecule has 3 aromatic rings. The number of hydrogen-bond acceptors (Lipinski definition) is 4. The molecule has 2 aromatic carbocycles. The number of likely N-dealkylation sites (tertiary alicyclic amines) is 1. The molecule has 5 nitrogen and oxygen atoms in total. The molecular formula is C21H21N3O2S. The Kier molecular flexibility index (Phi) is 4.90. The molecular weight excluding hydrogens is 358 g/mol. The Bertz CT molecular complexity index is 948. The van der Waals surface area contributed by atoms with Gasteiger partial charge < -0.3 is 10.2 Å². The SMILES string of the molecule is CC(=O)Nc1ccc(CC(=O)N2CCCC2c2nc3ccccc3s2)cc1. The molecule has 6 heteroatoms. The fourth-order valence-electron chi connectivity index (χ4n) is 3.54. The summed E-state index contributed by atoms with van der Waals surface area (Å²) in [4.78, 5) is 30.7. The second-order valence-electron chi connectivity index (χ2n) is 6.82. The maximum atomic E-state index is 12.9. The Morgan fingerprint density at radius 3 is 2.70 bits per heavy atom. The van der Waals surface area contributed by atoms with E-state index in [0.29, 0.717) is 6.42 Å². The molecule has 4 rings (SSSR count). The van der Waals surface area contributed by atoms with Crippen LogP contribution in [0.5, 0.6) is 0 Å². The zero-order valence-corrected chi connectivity index (χ0v) is 16.0. The summed E-state index contributed by atoms with van der Waals surface area (Å²) in [7, 11) is 0. The van der Waals surface area contributed by atoms with Crippen molar-refractivity contribution < 1.29 is 9.59 Å². The van der Waals surface area contributed by atoms with Gasteiger partial charge in [-0.15, -0.1) is 11.3 Å². The van der Waals surface area contributed by atoms with Crippen molar-refractivity contribution in [2.75, 3.05) is 11.9 Å². The molecule has 0 bridgehead atoms. The van der Waals surface area contributed by atoms with Crippen molar-refractivity contribution in [2.24, 2.45) is 0 Å². The maximum absolute atomic E-state index is 12.9. The molecule has 27 heavy (non-hydrogen) atoms. The number of carbonyl (C=O) groups excluding carboxylic acids is 2. The van der Waals surface area contributed by atoms with Gasteiger partial charge in [0.2, 0.25) is 11.8 Å². The third-order valence-corrected chi connectivity index (χ3v) is 5.94. The van der Waals surface area contributed by atoms with Gasteiger partial charge in [-0.2, -0.15) is 0 Å². The molecule has 0 aliphatic carbocycles. The number of para-hydroxylation sites is 1. The van der Waals surface area contributed by atoms with Crippen molar-refractivity contribution in [3.8, 4) is 0 Å². The highest BCUT2D eigenvalue weighted by atomic mass is 32.1. The average Bonchev–Trinajstić information content (AvgIpc) is 3.29. The van der Waals surface area contributed by atoms with Gasteiger partial charge in [0.15, 0.2) is 0 Å². The lowest BCUT2D eigenvalue weighted by Gasteiger charge is -2.23. The lowest BCUT2D eigenvalue weighted by Crippen LogP contribution is -2.31. The highest BCUT2D eigenvalue weighted by Crippen LogP contribution is 2.36. The number of hydrogen-bond donors (Lipinski definition) is 1. The van der Waals surface area contributed by atoms with Gasteiger partial charge in [-0.25, -0.2) is 4.98 Å². The van der Waals surface area contributed by atoms with Crippen LogP contribution in [0.1, 0.15) is 36.4 Å². The number of thiazole rings is 1. The van der Waals surface area contributed by atoms with E-state index in [0.717, 1.165) is 41.2 Å². The Balaban J connectivity index is 1.48. The van der Waals surface area contributed by atoms with Gasteiger partial charge in [0.05, 0.1) is 22.7 Å². The number of fused-ring (bicyclic) bond motifs is 1. The van der Waals surface area contributed by atoms with Crippen LogP contribution in [0.2, 0.25) is 0 Å². The van der Waals surface area contributed by atoms with Crippen LogP contribution >= 0.6 is 11.3 Å². The van der Waals surface area contributed by atoms with Crippen molar-refractivity contribution in [1.29, 1.82) is 0 Å². The van der Waals surface area contributed by atoms with Crippen molar-refractivity contribution in [1.82, 2.24) is 9.88 Å². The van der Waals surface area contributed by atoms with Crippen molar-refractivity contribution in [2.45, 2.75) is 32.2 Å². The third kappa shape index (κ3) is 3.85. The van der Waals surface area contributed by atoms with Gasteiger partial charge in [-0.1, -0.05) is 24.3 Å². The molecule has 1 atom stereocenters. The van der Waals surface area contributed by atoms with E-state index in [1.165, 1.54) is 11.6 Å². The van der Waals surface area contributed by atoms with Gasteiger partial charge in [-0.3, -0.25) is 9.59 Å². The molecule has 1 saturated heterocycles. The van der Waals surface area contributed by atoms with Crippen LogP contribution in [0, 0.1) is 0 Å². The Labute approximate surface area is 162 Å². The molecule has 1 aliphatic heterocycles. The lowest BCUT2D eigenvalue weighted by atomic mass is 10.1. The highest BCUT2D eigenvalue weighted by Gasteiger charge is 2.32. The Morgan fingerprint density at radius 2 is 1.96 bits per heavy atom. The molecule has 2 heterocycles. The average molecular weight is 379 g/mol. The molecule has 1 N–H and O–H groups in total. The minimum absolute atomic E-state index is 0.0774. The van der Waals surface area contributed by atoms with Crippen LogP contribution in [-0.2, 0) is 16.0 Å². The van der Waals surface area contributed by atoms with E-state index < -0.39 is 0 Å². The first kappa shape index (κ1) is 17.7. The Morgan fingerprint density at radius 1 is 1.19 bits per heavy atom. The number of carbonyl (C=O) groups is 2. The van der Waals surface area contributed by atoms with Gasteiger partial charge in [0.1, 0.15) is 5.01 Å². The molecule has 0 radical (unpaired) electrons. The minimum Gasteiger partial charge on any atom is -0.333 e. The normalized spacial score (nSPS) is 16.6. The topological polar surface area (TPSA) is 62.3 Å². The fourth-order valence-corrected chi connectivity index (χ4v) is 4.66. The first-order valence-corrected chi connectivity index (χ1v) is 9.93. The van der Waals surface area contributed by atoms with Crippen LogP contribution in [0.4, 0.5) is 5.69 Å². The quantitative estimate of drug-likeness (QED) is 0.740. The molecule has 2 amide bonds. The number of amides is 2. The van der Waals surface area contributed by atoms with E-state index in [-0.39, 0.29) is 17.9 Å². The van der Waals surface area contributed by atoms with Crippen molar-refractivity contribution in [3.05, 3.63) is 59.1 Å². The van der Waals surface area contributed by atoms with Crippen LogP contribution in [0.3, 0.4) is 0 Å². The summed E-state index contributed by atoms with van der Waals surface area (Å²) in [5.74, 6) is 0.0265. The predicted molar refractivity (Wildman–Crippen MR) is 108 cm³/mol. The van der Waals surface area contributed by atoms with E-state index in [1.807, 2.05) is 47.4 Å². The second kappa shape index (κ2) is 7.48. The first-order valence-electron chi connectivity index (χ1n) is 9.11. The summed E-state index contributed by atoms with van der Waals surface area (Å²) in [5, 5.41) is 3.77. The number of nitrogens with one attached hydrogen (secondary N) is 1. The van der Waals surface area contributed by atoms with E-state index in [2.05, 4.69) is 11.4 Å². The minimum atomic E-state index is -0.102. The van der Waals surface area contributed by atoms with Gasteiger partial charge in [0, 0.05) is 19.2 Å². The van der Waals surface area contributed by atoms with Gasteiger partial charge in [0.25, 0.3) is 0 Å². The van der Waals surface area contributed by atoms with Crippen molar-refractivity contribution >= 4 is 39.1 Å². The van der Waals surface area contributed by atoms with Crippen molar-refractivity contribution in [3.63, 3.8) is 0 Å². The number of rotatable bonds is 4. The van der Waals surface area contributed by atoms with E-state index in [9.17, 15) is 9.59 Å². The molecule has 1 unspecified atom stereocenters. The maximum Gasteiger partial charge on any atom is 0.227 e. The molecule has 138 valence electrons. The zero-order chi connectivity index (χ0) is 18.8. The number of anilines is 1. The molecule has 0 spiro atoms. The molecule has 0 saturated carbocycles. The lowest BCUT2D eigenvalue weighted by molar-refractivity contribution is -0.131. The number of nitrogens with zero attached hydrogens (tertiary/aromatic N) is 2. The summed E-state index contributed by atoms with van der Waals surface area (Å²) in [6, 6.07) is 15.6.